The highest BCUT2D eigenvalue weighted by Gasteiger charge is 2.43. The molecule has 2 fully saturated rings. The van der Waals surface area contributed by atoms with E-state index in [1.54, 1.807) is 7.11 Å². The van der Waals surface area contributed by atoms with Crippen molar-refractivity contribution in [2.24, 2.45) is 5.92 Å². The fourth-order valence-electron chi connectivity index (χ4n) is 4.43. The van der Waals surface area contributed by atoms with Crippen LogP contribution in [0, 0.1) is 5.92 Å². The van der Waals surface area contributed by atoms with Gasteiger partial charge in [0, 0.05) is 26.1 Å². The molecule has 2 aliphatic rings. The largest absolute Gasteiger partial charge is 0.383 e. The number of benzene rings is 1. The van der Waals surface area contributed by atoms with Crippen molar-refractivity contribution >= 4 is 11.8 Å². The molecule has 1 saturated carbocycles. The number of amides is 2. The lowest BCUT2D eigenvalue weighted by molar-refractivity contribution is -0.147. The van der Waals surface area contributed by atoms with Crippen molar-refractivity contribution in [2.45, 2.75) is 57.0 Å². The van der Waals surface area contributed by atoms with Gasteiger partial charge in [-0.05, 0) is 24.8 Å². The molecule has 26 heavy (non-hydrogen) atoms. The van der Waals surface area contributed by atoms with Gasteiger partial charge in [-0.15, -0.1) is 0 Å². The second-order valence-electron chi connectivity index (χ2n) is 7.38. The van der Waals surface area contributed by atoms with Gasteiger partial charge in [-0.25, -0.2) is 0 Å². The number of nitrogens with zero attached hydrogens (tertiary/aromatic N) is 1. The van der Waals surface area contributed by atoms with E-state index in [-0.39, 0.29) is 29.8 Å². The Morgan fingerprint density at radius 1 is 1.15 bits per heavy atom. The third kappa shape index (κ3) is 4.26. The first kappa shape index (κ1) is 18.9. The normalized spacial score (nSPS) is 24.5. The maximum atomic E-state index is 12.9. The summed E-state index contributed by atoms with van der Waals surface area (Å²) in [4.78, 5) is 27.8. The summed E-state index contributed by atoms with van der Waals surface area (Å²) in [5.41, 5.74) is 1.07. The van der Waals surface area contributed by atoms with Gasteiger partial charge in [0.2, 0.25) is 11.8 Å². The number of carbonyl (C=O) groups excluding carboxylic acids is 2. The van der Waals surface area contributed by atoms with E-state index < -0.39 is 0 Å². The summed E-state index contributed by atoms with van der Waals surface area (Å²) in [5.74, 6) is 0.0322. The summed E-state index contributed by atoms with van der Waals surface area (Å²) in [6.07, 6.45) is 6.75. The maximum Gasteiger partial charge on any atom is 0.225 e. The minimum Gasteiger partial charge on any atom is -0.383 e. The molecule has 2 amide bonds. The number of piperidine rings is 1. The van der Waals surface area contributed by atoms with E-state index in [2.05, 4.69) is 22.3 Å². The van der Waals surface area contributed by atoms with Gasteiger partial charge >= 0.3 is 0 Å². The minimum atomic E-state index is -0.200. The molecule has 1 saturated heterocycles. The lowest BCUT2D eigenvalue weighted by atomic mass is 9.80. The van der Waals surface area contributed by atoms with Gasteiger partial charge in [-0.3, -0.25) is 9.59 Å². The molecule has 2 atom stereocenters. The van der Waals surface area contributed by atoms with Crippen LogP contribution in [-0.4, -0.2) is 43.0 Å². The van der Waals surface area contributed by atoms with Gasteiger partial charge in [0.1, 0.15) is 0 Å². The van der Waals surface area contributed by atoms with Crippen LogP contribution in [0.15, 0.2) is 30.3 Å². The monoisotopic (exact) mass is 358 g/mol. The van der Waals surface area contributed by atoms with E-state index in [0.717, 1.165) is 18.4 Å². The number of hydrogen-bond acceptors (Lipinski definition) is 3. The lowest BCUT2D eigenvalue weighted by Gasteiger charge is -2.46. The van der Waals surface area contributed by atoms with Crippen LogP contribution >= 0.6 is 0 Å². The Balaban J connectivity index is 1.87. The first-order chi connectivity index (χ1) is 12.7. The van der Waals surface area contributed by atoms with Crippen molar-refractivity contribution in [3.63, 3.8) is 0 Å². The number of carbonyl (C=O) groups is 2. The third-order valence-corrected chi connectivity index (χ3v) is 5.69. The van der Waals surface area contributed by atoms with Gasteiger partial charge in [0.25, 0.3) is 0 Å². The van der Waals surface area contributed by atoms with Gasteiger partial charge in [-0.1, -0.05) is 49.6 Å². The Morgan fingerprint density at radius 3 is 2.58 bits per heavy atom. The SMILES string of the molecule is COCCNC(=O)C1CCC(=O)N(C2CCCCC2)C1c1ccccc1. The highest BCUT2D eigenvalue weighted by molar-refractivity contribution is 5.85. The summed E-state index contributed by atoms with van der Waals surface area (Å²) < 4.78 is 5.05. The molecule has 0 spiro atoms. The zero-order chi connectivity index (χ0) is 18.4. The molecule has 142 valence electrons. The molecule has 1 N–H and O–H groups in total. The summed E-state index contributed by atoms with van der Waals surface area (Å²) in [7, 11) is 1.63. The Bertz CT molecular complexity index is 599. The Kier molecular flexibility index (Phi) is 6.67. The van der Waals surface area contributed by atoms with Crippen LogP contribution < -0.4 is 5.32 Å². The molecule has 1 aromatic rings. The van der Waals surface area contributed by atoms with E-state index in [1.165, 1.54) is 19.3 Å². The average molecular weight is 358 g/mol. The fraction of sp³-hybridized carbons (Fsp3) is 0.619. The van der Waals surface area contributed by atoms with Crippen LogP contribution in [0.1, 0.15) is 56.6 Å². The van der Waals surface area contributed by atoms with E-state index >= 15 is 0 Å². The Hall–Kier alpha value is -1.88. The first-order valence-electron chi connectivity index (χ1n) is 9.85. The smallest absolute Gasteiger partial charge is 0.225 e. The van der Waals surface area contributed by atoms with Crippen LogP contribution in [0.5, 0.6) is 0 Å². The van der Waals surface area contributed by atoms with E-state index in [1.807, 2.05) is 18.2 Å². The van der Waals surface area contributed by atoms with Crippen LogP contribution in [0.3, 0.4) is 0 Å². The highest BCUT2D eigenvalue weighted by atomic mass is 16.5. The molecule has 0 radical (unpaired) electrons. The summed E-state index contributed by atoms with van der Waals surface area (Å²) >= 11 is 0. The standard InChI is InChI=1S/C21H30N2O3/c1-26-15-14-22-21(25)18-12-13-19(24)23(17-10-6-3-7-11-17)20(18)16-8-4-2-5-9-16/h2,4-5,8-9,17-18,20H,3,6-7,10-15H2,1H3,(H,22,25). The number of rotatable bonds is 6. The van der Waals surface area contributed by atoms with Gasteiger partial charge in [0.15, 0.2) is 0 Å². The summed E-state index contributed by atoms with van der Waals surface area (Å²) in [6, 6.07) is 10.2. The van der Waals surface area contributed by atoms with E-state index in [0.29, 0.717) is 26.0 Å². The zero-order valence-electron chi connectivity index (χ0n) is 15.7. The number of nitrogens with one attached hydrogen (secondary N) is 1. The molecule has 5 heteroatoms. The summed E-state index contributed by atoms with van der Waals surface area (Å²) in [5, 5.41) is 2.99. The maximum absolute atomic E-state index is 12.9. The molecule has 1 aliphatic carbocycles. The van der Waals surface area contributed by atoms with Crippen LogP contribution in [0.4, 0.5) is 0 Å². The third-order valence-electron chi connectivity index (χ3n) is 5.69. The number of likely N-dealkylation sites (tertiary alicyclic amines) is 1. The molecule has 2 unspecified atom stereocenters. The zero-order valence-corrected chi connectivity index (χ0v) is 15.7. The van der Waals surface area contributed by atoms with Crippen molar-refractivity contribution in [3.8, 4) is 0 Å². The molecule has 3 rings (SSSR count). The quantitative estimate of drug-likeness (QED) is 0.795. The van der Waals surface area contributed by atoms with Gasteiger partial charge < -0.3 is 15.0 Å². The van der Waals surface area contributed by atoms with Crippen molar-refractivity contribution in [1.82, 2.24) is 10.2 Å². The second-order valence-corrected chi connectivity index (χ2v) is 7.38. The second kappa shape index (κ2) is 9.17. The molecule has 5 nitrogen and oxygen atoms in total. The van der Waals surface area contributed by atoms with E-state index in [4.69, 9.17) is 4.74 Å². The molecule has 0 aromatic heterocycles. The van der Waals surface area contributed by atoms with Crippen LogP contribution in [0.2, 0.25) is 0 Å². The van der Waals surface area contributed by atoms with Gasteiger partial charge in [-0.2, -0.15) is 0 Å². The predicted molar refractivity (Wildman–Crippen MR) is 101 cm³/mol. The van der Waals surface area contributed by atoms with Crippen molar-refractivity contribution < 1.29 is 14.3 Å². The molecule has 1 aromatic carbocycles. The highest BCUT2D eigenvalue weighted by Crippen LogP contribution is 2.41. The first-order valence-corrected chi connectivity index (χ1v) is 9.85. The lowest BCUT2D eigenvalue weighted by Crippen LogP contribution is -2.52. The Morgan fingerprint density at radius 2 is 1.88 bits per heavy atom. The topological polar surface area (TPSA) is 58.6 Å². The number of hydrogen-bond donors (Lipinski definition) is 1. The molecule has 1 heterocycles. The fourth-order valence-corrected chi connectivity index (χ4v) is 4.43. The molecular weight excluding hydrogens is 328 g/mol. The van der Waals surface area contributed by atoms with Crippen molar-refractivity contribution in [3.05, 3.63) is 35.9 Å². The Labute approximate surface area is 156 Å². The molecule has 1 aliphatic heterocycles. The number of ether oxygens (including phenoxy) is 1. The summed E-state index contributed by atoms with van der Waals surface area (Å²) in [6.45, 7) is 1.00. The number of methoxy groups -OCH3 is 1. The van der Waals surface area contributed by atoms with Gasteiger partial charge in [0.05, 0.1) is 18.6 Å². The van der Waals surface area contributed by atoms with Crippen molar-refractivity contribution in [1.29, 1.82) is 0 Å². The van der Waals surface area contributed by atoms with Crippen LogP contribution in [-0.2, 0) is 14.3 Å². The van der Waals surface area contributed by atoms with Crippen LogP contribution in [0.25, 0.3) is 0 Å². The molecule has 0 bridgehead atoms. The molecular formula is C21H30N2O3. The van der Waals surface area contributed by atoms with E-state index in [9.17, 15) is 9.59 Å². The predicted octanol–water partition coefficient (Wildman–Crippen LogP) is 3.06. The average Bonchev–Trinajstić information content (AvgIpc) is 2.69. The van der Waals surface area contributed by atoms with Crippen molar-refractivity contribution in [2.75, 3.05) is 20.3 Å². The minimum absolute atomic E-state index is 0.0317.